The molecule has 2 nitrogen and oxygen atoms in total. The average molecular weight is 294 g/mol. The van der Waals surface area contributed by atoms with E-state index in [1.807, 2.05) is 0 Å². The third-order valence-electron chi connectivity index (χ3n) is 7.64. The summed E-state index contributed by atoms with van der Waals surface area (Å²) in [7, 11) is 0. The third kappa shape index (κ3) is 2.57. The van der Waals surface area contributed by atoms with Crippen LogP contribution >= 0.6 is 0 Å². The van der Waals surface area contributed by atoms with Crippen molar-refractivity contribution in [2.24, 2.45) is 34.5 Å². The lowest BCUT2D eigenvalue weighted by molar-refractivity contribution is -0.119. The molecule has 0 radical (unpaired) electrons. The quantitative estimate of drug-likeness (QED) is 0.767. The van der Waals surface area contributed by atoms with Crippen LogP contribution in [0.15, 0.2) is 0 Å². The van der Waals surface area contributed by atoms with Gasteiger partial charge in [-0.3, -0.25) is 0 Å². The molecular formula is C19H34O2. The summed E-state index contributed by atoms with van der Waals surface area (Å²) in [5, 5.41) is 20.2. The molecule has 2 heteroatoms. The van der Waals surface area contributed by atoms with E-state index in [1.165, 1.54) is 38.5 Å². The van der Waals surface area contributed by atoms with Crippen LogP contribution < -0.4 is 0 Å². The van der Waals surface area contributed by atoms with E-state index >= 15 is 0 Å². The second-order valence-electron chi connectivity index (χ2n) is 9.18. The van der Waals surface area contributed by atoms with Crippen molar-refractivity contribution in [3.63, 3.8) is 0 Å². The molecule has 0 aromatic rings. The maximum atomic E-state index is 10.7. The van der Waals surface area contributed by atoms with Crippen LogP contribution in [-0.4, -0.2) is 22.9 Å². The number of aliphatic hydroxyl groups excluding tert-OH is 2. The molecule has 3 saturated carbocycles. The Morgan fingerprint density at radius 1 is 1.00 bits per heavy atom. The summed E-state index contributed by atoms with van der Waals surface area (Å²) in [5.41, 5.74) is 0.877. The van der Waals surface area contributed by atoms with E-state index < -0.39 is 0 Å². The van der Waals surface area contributed by atoms with Crippen LogP contribution in [0.3, 0.4) is 0 Å². The molecule has 0 heterocycles. The maximum Gasteiger partial charge on any atom is 0.0574 e. The summed E-state index contributed by atoms with van der Waals surface area (Å²) >= 11 is 0. The van der Waals surface area contributed by atoms with Gasteiger partial charge in [-0.2, -0.15) is 0 Å². The topological polar surface area (TPSA) is 40.5 Å². The lowest BCUT2D eigenvalue weighted by Crippen LogP contribution is -2.53. The molecule has 0 spiro atoms. The van der Waals surface area contributed by atoms with E-state index in [0.29, 0.717) is 28.6 Å². The number of hydrogen-bond donors (Lipinski definition) is 2. The molecule has 122 valence electrons. The lowest BCUT2D eigenvalue weighted by atomic mass is 9.45. The van der Waals surface area contributed by atoms with Crippen molar-refractivity contribution in [2.75, 3.05) is 6.61 Å². The first-order valence-corrected chi connectivity index (χ1v) is 9.17. The van der Waals surface area contributed by atoms with E-state index in [-0.39, 0.29) is 12.7 Å². The minimum Gasteiger partial charge on any atom is -0.396 e. The Labute approximate surface area is 130 Å². The van der Waals surface area contributed by atoms with Gasteiger partial charge in [-0.1, -0.05) is 27.2 Å². The Kier molecular flexibility index (Phi) is 4.16. The standard InChI is InChI=1S/C19H34O2/c1-18(2)9-4-10-19(3)15-7-5-13(12-20)11-16(21)14(15)6-8-17(18)19/h13-17,20-21H,4-12H2,1-3H3/t13?,14-,15+,16?,17+,19-/m1/s1. The fourth-order valence-electron chi connectivity index (χ4n) is 6.60. The van der Waals surface area contributed by atoms with E-state index in [0.717, 1.165) is 18.8 Å². The van der Waals surface area contributed by atoms with Crippen molar-refractivity contribution >= 4 is 0 Å². The first-order chi connectivity index (χ1) is 9.88. The smallest absolute Gasteiger partial charge is 0.0574 e. The van der Waals surface area contributed by atoms with Crippen LogP contribution in [0.1, 0.15) is 72.1 Å². The van der Waals surface area contributed by atoms with Gasteiger partial charge in [0.25, 0.3) is 0 Å². The predicted octanol–water partition coefficient (Wildman–Crippen LogP) is 4.00. The fraction of sp³-hybridized carbons (Fsp3) is 1.00. The molecule has 3 aliphatic rings. The first-order valence-electron chi connectivity index (χ1n) is 9.17. The number of aliphatic hydroxyl groups is 2. The van der Waals surface area contributed by atoms with Gasteiger partial charge in [-0.15, -0.1) is 0 Å². The van der Waals surface area contributed by atoms with Gasteiger partial charge in [0.1, 0.15) is 0 Å². The highest BCUT2D eigenvalue weighted by Gasteiger charge is 2.56. The zero-order valence-corrected chi connectivity index (χ0v) is 14.1. The summed E-state index contributed by atoms with van der Waals surface area (Å²) in [4.78, 5) is 0. The first kappa shape index (κ1) is 15.8. The van der Waals surface area contributed by atoms with Gasteiger partial charge in [0.2, 0.25) is 0 Å². The van der Waals surface area contributed by atoms with E-state index in [9.17, 15) is 10.2 Å². The zero-order chi connectivity index (χ0) is 15.3. The van der Waals surface area contributed by atoms with Gasteiger partial charge in [-0.05, 0) is 79.4 Å². The maximum absolute atomic E-state index is 10.7. The number of hydrogen-bond acceptors (Lipinski definition) is 2. The van der Waals surface area contributed by atoms with Crippen LogP contribution in [0.25, 0.3) is 0 Å². The molecule has 2 N–H and O–H groups in total. The Balaban J connectivity index is 1.89. The molecular weight excluding hydrogens is 260 g/mol. The molecule has 6 atom stereocenters. The minimum atomic E-state index is -0.183. The monoisotopic (exact) mass is 294 g/mol. The highest BCUT2D eigenvalue weighted by molar-refractivity contribution is 5.05. The van der Waals surface area contributed by atoms with Crippen molar-refractivity contribution in [2.45, 2.75) is 78.2 Å². The second kappa shape index (κ2) is 5.53. The van der Waals surface area contributed by atoms with Crippen LogP contribution in [0.5, 0.6) is 0 Å². The van der Waals surface area contributed by atoms with Crippen molar-refractivity contribution in [3.8, 4) is 0 Å². The Morgan fingerprint density at radius 2 is 1.76 bits per heavy atom. The van der Waals surface area contributed by atoms with Gasteiger partial charge in [0, 0.05) is 6.61 Å². The van der Waals surface area contributed by atoms with E-state index in [4.69, 9.17) is 0 Å². The largest absolute Gasteiger partial charge is 0.396 e. The number of fused-ring (bicyclic) bond motifs is 3. The van der Waals surface area contributed by atoms with Crippen molar-refractivity contribution in [1.82, 2.24) is 0 Å². The van der Waals surface area contributed by atoms with Gasteiger partial charge < -0.3 is 10.2 Å². The Hall–Kier alpha value is -0.0800. The molecule has 0 bridgehead atoms. The van der Waals surface area contributed by atoms with Crippen LogP contribution in [0.2, 0.25) is 0 Å². The summed E-state index contributed by atoms with van der Waals surface area (Å²) < 4.78 is 0. The normalized spacial score (nSPS) is 49.9. The van der Waals surface area contributed by atoms with Gasteiger partial charge in [0.05, 0.1) is 6.10 Å². The molecule has 0 aromatic heterocycles. The molecule has 3 aliphatic carbocycles. The highest BCUT2D eigenvalue weighted by Crippen LogP contribution is 2.63. The summed E-state index contributed by atoms with van der Waals surface area (Å²) in [6.07, 6.45) is 9.53. The molecule has 3 fully saturated rings. The second-order valence-corrected chi connectivity index (χ2v) is 9.18. The van der Waals surface area contributed by atoms with Gasteiger partial charge in [-0.25, -0.2) is 0 Å². The van der Waals surface area contributed by atoms with Crippen LogP contribution in [-0.2, 0) is 0 Å². The lowest BCUT2D eigenvalue weighted by Gasteiger charge is -2.60. The molecule has 0 aliphatic heterocycles. The van der Waals surface area contributed by atoms with Gasteiger partial charge in [0.15, 0.2) is 0 Å². The molecule has 3 rings (SSSR count). The highest BCUT2D eigenvalue weighted by atomic mass is 16.3. The molecule has 2 unspecified atom stereocenters. The third-order valence-corrected chi connectivity index (χ3v) is 7.64. The molecule has 0 aromatic carbocycles. The van der Waals surface area contributed by atoms with Crippen LogP contribution in [0, 0.1) is 34.5 Å². The van der Waals surface area contributed by atoms with E-state index in [1.54, 1.807) is 0 Å². The Morgan fingerprint density at radius 3 is 2.48 bits per heavy atom. The summed E-state index contributed by atoms with van der Waals surface area (Å²) in [6, 6.07) is 0. The summed E-state index contributed by atoms with van der Waals surface area (Å²) in [5.74, 6) is 2.29. The predicted molar refractivity (Wildman–Crippen MR) is 85.9 cm³/mol. The molecule has 0 saturated heterocycles. The van der Waals surface area contributed by atoms with Crippen molar-refractivity contribution < 1.29 is 10.2 Å². The average Bonchev–Trinajstić information content (AvgIpc) is 2.58. The van der Waals surface area contributed by atoms with E-state index in [2.05, 4.69) is 20.8 Å². The fourth-order valence-corrected chi connectivity index (χ4v) is 6.60. The van der Waals surface area contributed by atoms with Crippen LogP contribution in [0.4, 0.5) is 0 Å². The Bertz CT molecular complexity index is 378. The number of rotatable bonds is 1. The SMILES string of the molecule is CC1(C)CCC[C@]2(C)[C@H]3CCC(CO)CC(O)[C@@H]3CC[C@@H]12. The zero-order valence-electron chi connectivity index (χ0n) is 14.1. The molecule has 0 amide bonds. The van der Waals surface area contributed by atoms with Gasteiger partial charge >= 0.3 is 0 Å². The van der Waals surface area contributed by atoms with Crippen molar-refractivity contribution in [3.05, 3.63) is 0 Å². The summed E-state index contributed by atoms with van der Waals surface area (Å²) in [6.45, 7) is 7.72. The minimum absolute atomic E-state index is 0.183. The molecule has 21 heavy (non-hydrogen) atoms. The van der Waals surface area contributed by atoms with Crippen molar-refractivity contribution in [1.29, 1.82) is 0 Å².